The van der Waals surface area contributed by atoms with Crippen molar-refractivity contribution in [2.24, 2.45) is 0 Å². The van der Waals surface area contributed by atoms with Crippen LogP contribution in [0.4, 0.5) is 5.82 Å². The van der Waals surface area contributed by atoms with Crippen LogP contribution in [-0.2, 0) is 0 Å². The molecule has 60 valence electrons. The number of fused-ring (bicyclic) bond motifs is 1. The van der Waals surface area contributed by atoms with E-state index in [4.69, 9.17) is 0 Å². The molecule has 2 heterocycles. The summed E-state index contributed by atoms with van der Waals surface area (Å²) in [5.41, 5.74) is 0.525. The second kappa shape index (κ2) is 2.26. The summed E-state index contributed by atoms with van der Waals surface area (Å²) >= 11 is 0. The van der Waals surface area contributed by atoms with Gasteiger partial charge in [0.2, 0.25) is 6.33 Å². The Morgan fingerprint density at radius 1 is 1.50 bits per heavy atom. The van der Waals surface area contributed by atoms with E-state index in [0.717, 1.165) is 0 Å². The van der Waals surface area contributed by atoms with E-state index in [-0.39, 0.29) is 5.82 Å². The molecule has 0 N–H and O–H groups in total. The van der Waals surface area contributed by atoms with Crippen LogP contribution in [0.3, 0.4) is 0 Å². The van der Waals surface area contributed by atoms with Crippen molar-refractivity contribution < 1.29 is 4.92 Å². The summed E-state index contributed by atoms with van der Waals surface area (Å²) in [7, 11) is 0. The first-order chi connectivity index (χ1) is 5.77. The summed E-state index contributed by atoms with van der Waals surface area (Å²) in [5, 5.41) is 10.3. The molecule has 0 atom stereocenters. The van der Waals surface area contributed by atoms with Crippen molar-refractivity contribution in [1.82, 2.24) is 14.4 Å². The number of nitro groups is 1. The first kappa shape index (κ1) is 6.71. The van der Waals surface area contributed by atoms with Crippen molar-refractivity contribution in [3.8, 4) is 0 Å². The normalized spacial score (nSPS) is 10.3. The number of rotatable bonds is 1. The molecule has 0 saturated carbocycles. The summed E-state index contributed by atoms with van der Waals surface area (Å²) in [6, 6.07) is 1.32. The standard InChI is InChI=1S/C6H4N4O2/c11-10(12)6-3-5-7-1-2-9(5)4-8-6/h1-4H. The van der Waals surface area contributed by atoms with E-state index in [1.54, 1.807) is 16.8 Å². The molecule has 0 aromatic carbocycles. The molecule has 0 spiro atoms. The smallest absolute Gasteiger partial charge is 0.358 e. The Morgan fingerprint density at radius 3 is 3.08 bits per heavy atom. The van der Waals surface area contributed by atoms with Gasteiger partial charge in [-0.1, -0.05) is 0 Å². The van der Waals surface area contributed by atoms with Crippen LogP contribution in [0.25, 0.3) is 5.65 Å². The van der Waals surface area contributed by atoms with Gasteiger partial charge in [-0.2, -0.15) is 0 Å². The third-order valence-electron chi connectivity index (χ3n) is 1.46. The van der Waals surface area contributed by atoms with Gasteiger partial charge < -0.3 is 10.1 Å². The molecule has 0 aliphatic carbocycles. The molecular formula is C6H4N4O2. The molecule has 12 heavy (non-hydrogen) atoms. The fraction of sp³-hybridized carbons (Fsp3) is 0. The number of imidazole rings is 1. The summed E-state index contributed by atoms with van der Waals surface area (Å²) in [5.74, 6) is -0.186. The SMILES string of the molecule is O=[N+]([O-])c1cc2nccn2cn1. The molecule has 6 nitrogen and oxygen atoms in total. The van der Waals surface area contributed by atoms with Crippen LogP contribution in [0, 0.1) is 10.1 Å². The maximum absolute atomic E-state index is 10.3. The zero-order valence-corrected chi connectivity index (χ0v) is 5.91. The van der Waals surface area contributed by atoms with Gasteiger partial charge in [0, 0.05) is 12.4 Å². The minimum absolute atomic E-state index is 0.186. The van der Waals surface area contributed by atoms with E-state index in [2.05, 4.69) is 9.97 Å². The van der Waals surface area contributed by atoms with E-state index < -0.39 is 4.92 Å². The van der Waals surface area contributed by atoms with Crippen molar-refractivity contribution in [3.05, 3.63) is 34.9 Å². The van der Waals surface area contributed by atoms with Crippen LogP contribution < -0.4 is 0 Å². The van der Waals surface area contributed by atoms with Crippen molar-refractivity contribution in [1.29, 1.82) is 0 Å². The second-order valence-electron chi connectivity index (χ2n) is 2.20. The fourth-order valence-electron chi connectivity index (χ4n) is 0.908. The molecule has 2 aromatic heterocycles. The van der Waals surface area contributed by atoms with Crippen LogP contribution >= 0.6 is 0 Å². The lowest BCUT2D eigenvalue weighted by Gasteiger charge is -1.91. The van der Waals surface area contributed by atoms with Crippen LogP contribution in [0.15, 0.2) is 24.8 Å². The molecule has 0 amide bonds. The summed E-state index contributed by atoms with van der Waals surface area (Å²) < 4.78 is 1.60. The molecule has 0 radical (unpaired) electrons. The first-order valence-electron chi connectivity index (χ1n) is 3.20. The largest absolute Gasteiger partial charge is 0.368 e. The van der Waals surface area contributed by atoms with E-state index in [1.807, 2.05) is 0 Å². The van der Waals surface area contributed by atoms with Gasteiger partial charge in [0.25, 0.3) is 0 Å². The van der Waals surface area contributed by atoms with Gasteiger partial charge in [-0.3, -0.25) is 4.40 Å². The molecule has 6 heteroatoms. The number of nitrogens with zero attached hydrogens (tertiary/aromatic N) is 4. The van der Waals surface area contributed by atoms with E-state index in [1.165, 1.54) is 12.4 Å². The van der Waals surface area contributed by atoms with Gasteiger partial charge in [-0.25, -0.2) is 4.98 Å². The Labute approximate surface area is 66.6 Å². The maximum atomic E-state index is 10.3. The van der Waals surface area contributed by atoms with Crippen LogP contribution in [0.5, 0.6) is 0 Å². The average molecular weight is 164 g/mol. The minimum atomic E-state index is -0.547. The summed E-state index contributed by atoms with van der Waals surface area (Å²) in [4.78, 5) is 17.2. The highest BCUT2D eigenvalue weighted by atomic mass is 16.6. The van der Waals surface area contributed by atoms with Crippen LogP contribution in [-0.4, -0.2) is 19.3 Å². The minimum Gasteiger partial charge on any atom is -0.358 e. The van der Waals surface area contributed by atoms with Crippen LogP contribution in [0.2, 0.25) is 0 Å². The molecule has 0 saturated heterocycles. The zero-order valence-electron chi connectivity index (χ0n) is 5.91. The third-order valence-corrected chi connectivity index (χ3v) is 1.46. The van der Waals surface area contributed by atoms with Gasteiger partial charge >= 0.3 is 5.82 Å². The van der Waals surface area contributed by atoms with E-state index in [9.17, 15) is 10.1 Å². The Balaban J connectivity index is 2.68. The third kappa shape index (κ3) is 0.895. The van der Waals surface area contributed by atoms with Gasteiger partial charge in [0.15, 0.2) is 0 Å². The Hall–Kier alpha value is -1.98. The number of hydrogen-bond donors (Lipinski definition) is 0. The monoisotopic (exact) mass is 164 g/mol. The maximum Gasteiger partial charge on any atom is 0.368 e. The highest BCUT2D eigenvalue weighted by Gasteiger charge is 2.07. The molecule has 0 unspecified atom stereocenters. The first-order valence-corrected chi connectivity index (χ1v) is 3.20. The lowest BCUT2D eigenvalue weighted by atomic mass is 10.6. The summed E-state index contributed by atoms with van der Waals surface area (Å²) in [6.07, 6.45) is 4.59. The van der Waals surface area contributed by atoms with Gasteiger partial charge in [-0.05, 0) is 9.91 Å². The topological polar surface area (TPSA) is 73.3 Å². The molecular weight excluding hydrogens is 160 g/mol. The lowest BCUT2D eigenvalue weighted by molar-refractivity contribution is -0.389. The van der Waals surface area contributed by atoms with E-state index in [0.29, 0.717) is 5.65 Å². The highest BCUT2D eigenvalue weighted by Crippen LogP contribution is 2.08. The van der Waals surface area contributed by atoms with Crippen LogP contribution in [0.1, 0.15) is 0 Å². The molecule has 2 rings (SSSR count). The molecule has 0 fully saturated rings. The molecule has 2 aromatic rings. The second-order valence-corrected chi connectivity index (χ2v) is 2.20. The van der Waals surface area contributed by atoms with Crippen molar-refractivity contribution in [2.75, 3.05) is 0 Å². The average Bonchev–Trinajstić information content (AvgIpc) is 2.49. The quantitative estimate of drug-likeness (QED) is 0.457. The highest BCUT2D eigenvalue weighted by molar-refractivity contribution is 5.42. The van der Waals surface area contributed by atoms with Crippen molar-refractivity contribution in [3.63, 3.8) is 0 Å². The van der Waals surface area contributed by atoms with E-state index >= 15 is 0 Å². The predicted octanol–water partition coefficient (Wildman–Crippen LogP) is 0.637. The number of aromatic nitrogens is 3. The Bertz CT molecular complexity index is 436. The molecule has 0 aliphatic rings. The number of hydrogen-bond acceptors (Lipinski definition) is 4. The zero-order chi connectivity index (χ0) is 8.55. The molecule has 0 bridgehead atoms. The van der Waals surface area contributed by atoms with Gasteiger partial charge in [0.1, 0.15) is 5.65 Å². The summed E-state index contributed by atoms with van der Waals surface area (Å²) in [6.45, 7) is 0. The van der Waals surface area contributed by atoms with Gasteiger partial charge in [0.05, 0.1) is 6.07 Å². The van der Waals surface area contributed by atoms with Gasteiger partial charge in [-0.15, -0.1) is 0 Å². The Kier molecular flexibility index (Phi) is 1.26. The molecule has 0 aliphatic heterocycles. The van der Waals surface area contributed by atoms with Crippen molar-refractivity contribution in [2.45, 2.75) is 0 Å². The van der Waals surface area contributed by atoms with Crippen molar-refractivity contribution >= 4 is 11.5 Å². The Morgan fingerprint density at radius 2 is 2.33 bits per heavy atom. The fourth-order valence-corrected chi connectivity index (χ4v) is 0.908. The lowest BCUT2D eigenvalue weighted by Crippen LogP contribution is -1.94. The predicted molar refractivity (Wildman–Crippen MR) is 39.6 cm³/mol.